The van der Waals surface area contributed by atoms with Gasteiger partial charge in [-0.15, -0.1) is 0 Å². The normalized spacial score (nSPS) is 22.3. The second-order valence-electron chi connectivity index (χ2n) is 5.12. The molecule has 2 rings (SSSR count). The standard InChI is InChI=1S/C14H23N3/c1-3-11(2)17-9-8-14(16-17)10-12-4-6-13(15)7-5-12/h4,8-9,11,13H,3,5-7,10,15H2,1-2H3. The summed E-state index contributed by atoms with van der Waals surface area (Å²) in [5, 5.41) is 4.64. The molecule has 17 heavy (non-hydrogen) atoms. The third kappa shape index (κ3) is 3.19. The van der Waals surface area contributed by atoms with Gasteiger partial charge in [0.15, 0.2) is 0 Å². The zero-order valence-electron chi connectivity index (χ0n) is 10.9. The van der Waals surface area contributed by atoms with E-state index in [2.05, 4.69) is 42.0 Å². The van der Waals surface area contributed by atoms with Crippen LogP contribution in [0.25, 0.3) is 0 Å². The van der Waals surface area contributed by atoms with Gasteiger partial charge in [-0.05, 0) is 38.7 Å². The van der Waals surface area contributed by atoms with E-state index in [-0.39, 0.29) is 0 Å². The molecule has 0 saturated carbocycles. The van der Waals surface area contributed by atoms with Crippen molar-refractivity contribution >= 4 is 0 Å². The number of hydrogen-bond donors (Lipinski definition) is 1. The molecule has 1 aliphatic carbocycles. The van der Waals surface area contributed by atoms with Gasteiger partial charge in [-0.2, -0.15) is 5.10 Å². The molecule has 0 fully saturated rings. The van der Waals surface area contributed by atoms with E-state index < -0.39 is 0 Å². The zero-order chi connectivity index (χ0) is 12.3. The average Bonchev–Trinajstić information content (AvgIpc) is 2.80. The fourth-order valence-corrected chi connectivity index (χ4v) is 2.21. The number of allylic oxidation sites excluding steroid dienone is 1. The Morgan fingerprint density at radius 1 is 1.59 bits per heavy atom. The van der Waals surface area contributed by atoms with Crippen LogP contribution in [0.3, 0.4) is 0 Å². The lowest BCUT2D eigenvalue weighted by atomic mass is 9.93. The van der Waals surface area contributed by atoms with Gasteiger partial charge in [0.05, 0.1) is 5.69 Å². The molecule has 0 aliphatic heterocycles. The largest absolute Gasteiger partial charge is 0.327 e. The van der Waals surface area contributed by atoms with Crippen LogP contribution in [0, 0.1) is 0 Å². The Labute approximate surface area is 104 Å². The summed E-state index contributed by atoms with van der Waals surface area (Å²) >= 11 is 0. The summed E-state index contributed by atoms with van der Waals surface area (Å²) in [6.07, 6.45) is 9.81. The lowest BCUT2D eigenvalue weighted by Gasteiger charge is -2.17. The topological polar surface area (TPSA) is 43.8 Å². The first-order valence-corrected chi connectivity index (χ1v) is 6.66. The van der Waals surface area contributed by atoms with Crippen LogP contribution in [0.15, 0.2) is 23.9 Å². The summed E-state index contributed by atoms with van der Waals surface area (Å²) in [6, 6.07) is 3.01. The maximum atomic E-state index is 5.89. The molecule has 3 nitrogen and oxygen atoms in total. The van der Waals surface area contributed by atoms with Gasteiger partial charge >= 0.3 is 0 Å². The van der Waals surface area contributed by atoms with Gasteiger partial charge in [0.25, 0.3) is 0 Å². The van der Waals surface area contributed by atoms with E-state index in [0.717, 1.165) is 32.1 Å². The van der Waals surface area contributed by atoms with Crippen molar-refractivity contribution in [2.75, 3.05) is 0 Å². The Hall–Kier alpha value is -1.09. The summed E-state index contributed by atoms with van der Waals surface area (Å²) in [4.78, 5) is 0. The molecular formula is C14H23N3. The molecule has 0 radical (unpaired) electrons. The predicted molar refractivity (Wildman–Crippen MR) is 70.8 cm³/mol. The minimum atomic E-state index is 0.372. The SMILES string of the molecule is CCC(C)n1ccc(CC2=CCC(N)CC2)n1. The van der Waals surface area contributed by atoms with Crippen LogP contribution in [-0.2, 0) is 6.42 Å². The van der Waals surface area contributed by atoms with Crippen LogP contribution in [-0.4, -0.2) is 15.8 Å². The second kappa shape index (κ2) is 5.50. The highest BCUT2D eigenvalue weighted by atomic mass is 15.3. The Bertz CT molecular complexity index is 392. The van der Waals surface area contributed by atoms with Crippen molar-refractivity contribution in [1.82, 2.24) is 9.78 Å². The van der Waals surface area contributed by atoms with Crippen LogP contribution in [0.5, 0.6) is 0 Å². The van der Waals surface area contributed by atoms with Crippen LogP contribution < -0.4 is 5.73 Å². The summed E-state index contributed by atoms with van der Waals surface area (Å²) in [7, 11) is 0. The van der Waals surface area contributed by atoms with Crippen molar-refractivity contribution in [2.45, 2.75) is 58.0 Å². The van der Waals surface area contributed by atoms with Gasteiger partial charge in [-0.3, -0.25) is 4.68 Å². The summed E-state index contributed by atoms with van der Waals surface area (Å²) in [6.45, 7) is 4.40. The van der Waals surface area contributed by atoms with Gasteiger partial charge < -0.3 is 5.73 Å². The minimum Gasteiger partial charge on any atom is -0.327 e. The highest BCUT2D eigenvalue weighted by Gasteiger charge is 2.12. The smallest absolute Gasteiger partial charge is 0.0665 e. The molecule has 3 heteroatoms. The lowest BCUT2D eigenvalue weighted by molar-refractivity contribution is 0.474. The lowest BCUT2D eigenvalue weighted by Crippen LogP contribution is -2.22. The Balaban J connectivity index is 1.97. The van der Waals surface area contributed by atoms with E-state index in [1.807, 2.05) is 0 Å². The maximum Gasteiger partial charge on any atom is 0.0665 e. The summed E-state index contributed by atoms with van der Waals surface area (Å²) in [5.41, 5.74) is 8.58. The molecule has 1 heterocycles. The first-order valence-electron chi connectivity index (χ1n) is 6.66. The molecule has 2 N–H and O–H groups in total. The third-order valence-electron chi connectivity index (χ3n) is 3.66. The van der Waals surface area contributed by atoms with E-state index >= 15 is 0 Å². The number of nitrogens with zero attached hydrogens (tertiary/aromatic N) is 2. The van der Waals surface area contributed by atoms with Crippen LogP contribution >= 0.6 is 0 Å². The minimum absolute atomic E-state index is 0.372. The molecule has 0 amide bonds. The molecule has 0 spiro atoms. The van der Waals surface area contributed by atoms with E-state index in [0.29, 0.717) is 12.1 Å². The van der Waals surface area contributed by atoms with Crippen LogP contribution in [0.1, 0.15) is 51.3 Å². The molecule has 2 unspecified atom stereocenters. The monoisotopic (exact) mass is 233 g/mol. The zero-order valence-corrected chi connectivity index (χ0v) is 10.9. The fourth-order valence-electron chi connectivity index (χ4n) is 2.21. The molecule has 0 bridgehead atoms. The van der Waals surface area contributed by atoms with E-state index in [1.165, 1.54) is 11.3 Å². The van der Waals surface area contributed by atoms with Crippen molar-refractivity contribution in [1.29, 1.82) is 0 Å². The Morgan fingerprint density at radius 3 is 3.06 bits per heavy atom. The number of aromatic nitrogens is 2. The highest BCUT2D eigenvalue weighted by molar-refractivity contribution is 5.16. The molecule has 0 aromatic carbocycles. The van der Waals surface area contributed by atoms with Gasteiger partial charge in [-0.25, -0.2) is 0 Å². The molecule has 1 aliphatic rings. The molecule has 94 valence electrons. The molecule has 2 atom stereocenters. The van der Waals surface area contributed by atoms with Gasteiger partial charge in [-0.1, -0.05) is 18.6 Å². The molecule has 1 aromatic heterocycles. The summed E-state index contributed by atoms with van der Waals surface area (Å²) in [5.74, 6) is 0. The van der Waals surface area contributed by atoms with E-state index in [1.54, 1.807) is 0 Å². The molecular weight excluding hydrogens is 210 g/mol. The third-order valence-corrected chi connectivity index (χ3v) is 3.66. The number of hydrogen-bond acceptors (Lipinski definition) is 2. The Kier molecular flexibility index (Phi) is 4.00. The Morgan fingerprint density at radius 2 is 2.41 bits per heavy atom. The van der Waals surface area contributed by atoms with Gasteiger partial charge in [0.2, 0.25) is 0 Å². The van der Waals surface area contributed by atoms with Crippen LogP contribution in [0.2, 0.25) is 0 Å². The molecule has 1 aromatic rings. The number of nitrogens with two attached hydrogens (primary N) is 1. The van der Waals surface area contributed by atoms with Gasteiger partial charge in [0, 0.05) is 24.7 Å². The van der Waals surface area contributed by atoms with Crippen molar-refractivity contribution < 1.29 is 0 Å². The first kappa shape index (κ1) is 12.4. The fraction of sp³-hybridized carbons (Fsp3) is 0.643. The van der Waals surface area contributed by atoms with Gasteiger partial charge in [0.1, 0.15) is 0 Å². The van der Waals surface area contributed by atoms with Crippen molar-refractivity contribution in [3.63, 3.8) is 0 Å². The molecule has 0 saturated heterocycles. The second-order valence-corrected chi connectivity index (χ2v) is 5.12. The van der Waals surface area contributed by atoms with Crippen molar-refractivity contribution in [2.24, 2.45) is 5.73 Å². The maximum absolute atomic E-state index is 5.89. The quantitative estimate of drug-likeness (QED) is 0.813. The van der Waals surface area contributed by atoms with E-state index in [9.17, 15) is 0 Å². The highest BCUT2D eigenvalue weighted by Crippen LogP contribution is 2.20. The van der Waals surface area contributed by atoms with E-state index in [4.69, 9.17) is 5.73 Å². The van der Waals surface area contributed by atoms with Crippen molar-refractivity contribution in [3.05, 3.63) is 29.6 Å². The average molecular weight is 233 g/mol. The first-order chi connectivity index (χ1) is 8.19. The van der Waals surface area contributed by atoms with Crippen LogP contribution in [0.4, 0.5) is 0 Å². The number of rotatable bonds is 4. The predicted octanol–water partition coefficient (Wildman–Crippen LogP) is 2.83. The van der Waals surface area contributed by atoms with Crippen molar-refractivity contribution in [3.8, 4) is 0 Å². The summed E-state index contributed by atoms with van der Waals surface area (Å²) < 4.78 is 2.07.